The monoisotopic (exact) mass is 361 g/mol. The van der Waals surface area contributed by atoms with E-state index >= 15 is 0 Å². The van der Waals surface area contributed by atoms with Crippen LogP contribution in [-0.4, -0.2) is 20.1 Å². The molecule has 0 aliphatic carbocycles. The summed E-state index contributed by atoms with van der Waals surface area (Å²) in [4.78, 5) is 12.3. The van der Waals surface area contributed by atoms with Gasteiger partial charge in [0, 0.05) is 16.2 Å². The van der Waals surface area contributed by atoms with E-state index in [2.05, 4.69) is 21.2 Å². The second-order valence-electron chi connectivity index (χ2n) is 5.16. The number of hydrogen-bond acceptors (Lipinski definition) is 3. The highest BCUT2D eigenvalue weighted by molar-refractivity contribution is 9.10. The fraction of sp³-hybridized carbons (Fsp3) is 0.235. The molecule has 0 fully saturated rings. The molecule has 0 bridgehead atoms. The second kappa shape index (κ2) is 6.01. The molecule has 1 amide bonds. The number of nitrogens with one attached hydrogen (secondary N) is 1. The fourth-order valence-corrected chi connectivity index (χ4v) is 3.12. The van der Waals surface area contributed by atoms with Crippen LogP contribution in [0, 0.1) is 0 Å². The Bertz CT molecular complexity index is 730. The standard InChI is InChI=1S/C17H16BrNO3/c1-21-12-5-3-10(16(9-12)22-2)7-14-13-8-11(18)4-6-15(13)19-17(14)20/h3-6,8-9,14H,7H2,1-2H3,(H,19,20). The minimum atomic E-state index is -0.213. The number of methoxy groups -OCH3 is 2. The Hall–Kier alpha value is -2.01. The number of rotatable bonds is 4. The molecule has 114 valence electrons. The van der Waals surface area contributed by atoms with Gasteiger partial charge in [0.05, 0.1) is 20.1 Å². The minimum Gasteiger partial charge on any atom is -0.497 e. The molecule has 2 aromatic carbocycles. The number of carbonyl (C=O) groups is 1. The van der Waals surface area contributed by atoms with Gasteiger partial charge in [0.2, 0.25) is 5.91 Å². The maximum Gasteiger partial charge on any atom is 0.232 e. The zero-order chi connectivity index (χ0) is 15.7. The van der Waals surface area contributed by atoms with Gasteiger partial charge >= 0.3 is 0 Å². The Balaban J connectivity index is 1.94. The summed E-state index contributed by atoms with van der Waals surface area (Å²) in [7, 11) is 3.24. The number of fused-ring (bicyclic) bond motifs is 1. The van der Waals surface area contributed by atoms with Crippen LogP contribution in [0.25, 0.3) is 0 Å². The van der Waals surface area contributed by atoms with Crippen molar-refractivity contribution in [2.75, 3.05) is 19.5 Å². The van der Waals surface area contributed by atoms with Crippen molar-refractivity contribution in [1.29, 1.82) is 0 Å². The molecule has 3 rings (SSSR count). The van der Waals surface area contributed by atoms with Gasteiger partial charge in [-0.15, -0.1) is 0 Å². The lowest BCUT2D eigenvalue weighted by atomic mass is 9.93. The lowest BCUT2D eigenvalue weighted by Crippen LogP contribution is -2.14. The van der Waals surface area contributed by atoms with E-state index in [4.69, 9.17) is 9.47 Å². The van der Waals surface area contributed by atoms with Gasteiger partial charge in [-0.2, -0.15) is 0 Å². The molecule has 1 atom stereocenters. The highest BCUT2D eigenvalue weighted by Crippen LogP contribution is 2.38. The van der Waals surface area contributed by atoms with E-state index in [1.807, 2.05) is 36.4 Å². The molecule has 0 saturated heterocycles. The third-order valence-electron chi connectivity index (χ3n) is 3.88. The Morgan fingerprint density at radius 3 is 2.68 bits per heavy atom. The summed E-state index contributed by atoms with van der Waals surface area (Å²) in [6, 6.07) is 11.5. The quantitative estimate of drug-likeness (QED) is 0.901. The summed E-state index contributed by atoms with van der Waals surface area (Å²) in [6.45, 7) is 0. The third-order valence-corrected chi connectivity index (χ3v) is 4.37. The van der Waals surface area contributed by atoms with E-state index in [1.165, 1.54) is 0 Å². The molecule has 1 N–H and O–H groups in total. The maximum absolute atomic E-state index is 12.3. The van der Waals surface area contributed by atoms with Gasteiger partial charge in [-0.25, -0.2) is 0 Å². The van der Waals surface area contributed by atoms with Crippen LogP contribution < -0.4 is 14.8 Å². The molecular weight excluding hydrogens is 346 g/mol. The van der Waals surface area contributed by atoms with Gasteiger partial charge in [0.25, 0.3) is 0 Å². The Morgan fingerprint density at radius 2 is 1.95 bits per heavy atom. The van der Waals surface area contributed by atoms with Crippen molar-refractivity contribution in [2.24, 2.45) is 0 Å². The number of ether oxygens (including phenoxy) is 2. The van der Waals surface area contributed by atoms with Crippen LogP contribution in [0.3, 0.4) is 0 Å². The van der Waals surface area contributed by atoms with Gasteiger partial charge in [-0.3, -0.25) is 4.79 Å². The fourth-order valence-electron chi connectivity index (χ4n) is 2.74. The van der Waals surface area contributed by atoms with Gasteiger partial charge in [0.1, 0.15) is 11.5 Å². The number of amides is 1. The third kappa shape index (κ3) is 2.68. The van der Waals surface area contributed by atoms with Crippen molar-refractivity contribution in [1.82, 2.24) is 0 Å². The first-order valence-corrected chi connectivity index (χ1v) is 7.73. The summed E-state index contributed by atoms with van der Waals surface area (Å²) in [5.74, 6) is 1.27. The second-order valence-corrected chi connectivity index (χ2v) is 6.07. The summed E-state index contributed by atoms with van der Waals surface area (Å²) >= 11 is 3.46. The molecule has 0 radical (unpaired) electrons. The van der Waals surface area contributed by atoms with E-state index in [0.29, 0.717) is 6.42 Å². The van der Waals surface area contributed by atoms with Crippen molar-refractivity contribution in [3.05, 3.63) is 52.0 Å². The van der Waals surface area contributed by atoms with Gasteiger partial charge in [-0.05, 0) is 41.8 Å². The molecule has 4 nitrogen and oxygen atoms in total. The molecule has 0 saturated carbocycles. The Kier molecular flexibility index (Phi) is 4.07. The molecule has 5 heteroatoms. The summed E-state index contributed by atoms with van der Waals surface area (Å²) in [5.41, 5.74) is 2.87. The average molecular weight is 362 g/mol. The average Bonchev–Trinajstić information content (AvgIpc) is 2.83. The lowest BCUT2D eigenvalue weighted by molar-refractivity contribution is -0.117. The molecule has 0 aromatic heterocycles. The van der Waals surface area contributed by atoms with E-state index in [9.17, 15) is 4.79 Å². The van der Waals surface area contributed by atoms with Crippen LogP contribution in [0.15, 0.2) is 40.9 Å². The van der Waals surface area contributed by atoms with Crippen LogP contribution in [0.4, 0.5) is 5.69 Å². The predicted molar refractivity (Wildman–Crippen MR) is 88.8 cm³/mol. The normalized spacial score (nSPS) is 16.1. The largest absolute Gasteiger partial charge is 0.497 e. The first kappa shape index (κ1) is 14.9. The molecule has 1 unspecified atom stereocenters. The zero-order valence-electron chi connectivity index (χ0n) is 12.4. The predicted octanol–water partition coefficient (Wildman–Crippen LogP) is 3.74. The molecule has 1 aliphatic rings. The first-order valence-electron chi connectivity index (χ1n) is 6.93. The van der Waals surface area contributed by atoms with Gasteiger partial charge < -0.3 is 14.8 Å². The number of halogens is 1. The Labute approximate surface area is 137 Å². The van der Waals surface area contributed by atoms with E-state index < -0.39 is 0 Å². The van der Waals surface area contributed by atoms with Gasteiger partial charge in [0.15, 0.2) is 0 Å². The van der Waals surface area contributed by atoms with Crippen molar-refractivity contribution in [3.63, 3.8) is 0 Å². The topological polar surface area (TPSA) is 47.6 Å². The lowest BCUT2D eigenvalue weighted by Gasteiger charge is -2.14. The van der Waals surface area contributed by atoms with Crippen LogP contribution in [0.1, 0.15) is 17.0 Å². The molecule has 1 aliphatic heterocycles. The molecule has 0 spiro atoms. The van der Waals surface area contributed by atoms with Crippen LogP contribution in [0.2, 0.25) is 0 Å². The summed E-state index contributed by atoms with van der Waals surface area (Å²) in [5, 5.41) is 2.93. The maximum atomic E-state index is 12.3. The number of hydrogen-bond donors (Lipinski definition) is 1. The summed E-state index contributed by atoms with van der Waals surface area (Å²) < 4.78 is 11.6. The van der Waals surface area contributed by atoms with Crippen LogP contribution in [-0.2, 0) is 11.2 Å². The van der Waals surface area contributed by atoms with Crippen LogP contribution >= 0.6 is 15.9 Å². The SMILES string of the molecule is COc1ccc(CC2C(=O)Nc3ccc(Br)cc32)c(OC)c1. The highest BCUT2D eigenvalue weighted by Gasteiger charge is 2.31. The number of carbonyl (C=O) groups excluding carboxylic acids is 1. The molecule has 2 aromatic rings. The van der Waals surface area contributed by atoms with E-state index in [0.717, 1.165) is 32.8 Å². The van der Waals surface area contributed by atoms with Gasteiger partial charge in [-0.1, -0.05) is 22.0 Å². The molecule has 1 heterocycles. The number of benzene rings is 2. The van der Waals surface area contributed by atoms with Crippen LogP contribution in [0.5, 0.6) is 11.5 Å². The van der Waals surface area contributed by atoms with E-state index in [1.54, 1.807) is 14.2 Å². The van der Waals surface area contributed by atoms with E-state index in [-0.39, 0.29) is 11.8 Å². The van der Waals surface area contributed by atoms with Crippen molar-refractivity contribution < 1.29 is 14.3 Å². The Morgan fingerprint density at radius 1 is 1.14 bits per heavy atom. The summed E-state index contributed by atoms with van der Waals surface area (Å²) in [6.07, 6.45) is 0.586. The van der Waals surface area contributed by atoms with Crippen molar-refractivity contribution >= 4 is 27.5 Å². The number of anilines is 1. The molecular formula is C17H16BrNO3. The van der Waals surface area contributed by atoms with Crippen molar-refractivity contribution in [2.45, 2.75) is 12.3 Å². The molecule has 22 heavy (non-hydrogen) atoms. The minimum absolute atomic E-state index is 0.0194. The highest BCUT2D eigenvalue weighted by atomic mass is 79.9. The zero-order valence-corrected chi connectivity index (χ0v) is 13.9. The first-order chi connectivity index (χ1) is 10.6. The smallest absolute Gasteiger partial charge is 0.232 e. The van der Waals surface area contributed by atoms with Crippen molar-refractivity contribution in [3.8, 4) is 11.5 Å².